The van der Waals surface area contributed by atoms with Crippen LogP contribution < -0.4 is 4.90 Å². The Morgan fingerprint density at radius 2 is 1.92 bits per heavy atom. The lowest BCUT2D eigenvalue weighted by molar-refractivity contribution is -0.129. The van der Waals surface area contributed by atoms with Crippen molar-refractivity contribution in [1.82, 2.24) is 0 Å². The average molecular weight is 345 g/mol. The van der Waals surface area contributed by atoms with Gasteiger partial charge in [-0.05, 0) is 62.8 Å². The van der Waals surface area contributed by atoms with Crippen molar-refractivity contribution in [2.75, 3.05) is 4.90 Å². The molecule has 1 aliphatic heterocycles. The minimum Gasteiger partial charge on any atom is -0.393 e. The first kappa shape index (κ1) is 18.1. The van der Waals surface area contributed by atoms with E-state index < -0.39 is 0 Å². The average Bonchev–Trinajstić information content (AvgIpc) is 2.61. The molecule has 3 rings (SSSR count). The van der Waals surface area contributed by atoms with Crippen molar-refractivity contribution >= 4 is 11.6 Å². The third-order valence-corrected chi connectivity index (χ3v) is 5.79. The summed E-state index contributed by atoms with van der Waals surface area (Å²) in [5, 5.41) is 10.5. The summed E-state index contributed by atoms with van der Waals surface area (Å²) >= 11 is 0. The molecule has 0 unspecified atom stereocenters. The number of carbonyl (C=O) groups is 1. The Hall–Kier alpha value is -1.68. The highest BCUT2D eigenvalue weighted by atomic mass is 19.1. The van der Waals surface area contributed by atoms with E-state index in [4.69, 9.17) is 0 Å². The second-order valence-corrected chi connectivity index (χ2v) is 7.63. The number of amides is 1. The third kappa shape index (κ3) is 3.79. The molecule has 1 aliphatic carbocycles. The van der Waals surface area contributed by atoms with Gasteiger partial charge in [0.25, 0.3) is 0 Å². The zero-order valence-corrected chi connectivity index (χ0v) is 15.0. The molecule has 2 fully saturated rings. The maximum atomic E-state index is 13.1. The minimum atomic E-state index is -0.309. The summed E-state index contributed by atoms with van der Waals surface area (Å²) in [7, 11) is 0. The Bertz CT molecular complexity index is 621. The fraction of sp³-hybridized carbons (Fsp3) is 0.571. The summed E-state index contributed by atoms with van der Waals surface area (Å²) in [5.41, 5.74) is 1.64. The molecule has 1 aromatic rings. The van der Waals surface area contributed by atoms with Gasteiger partial charge in [0.1, 0.15) is 5.82 Å². The van der Waals surface area contributed by atoms with E-state index in [-0.39, 0.29) is 29.8 Å². The number of anilines is 1. The molecule has 25 heavy (non-hydrogen) atoms. The third-order valence-electron chi connectivity index (χ3n) is 5.79. The Kier molecular flexibility index (Phi) is 5.57. The number of aliphatic hydroxyl groups is 1. The van der Waals surface area contributed by atoms with E-state index in [1.54, 1.807) is 17.0 Å². The Balaban J connectivity index is 1.62. The standard InChI is InChI=1S/C21H28FNO2/c1-14(2)20-18(12-13-19(24)15-6-4-3-5-7-15)21(25)23(20)17-10-8-16(22)9-11-17/h8-11,15,18-20,24H,1,3-7,12-13H2,2H3/t18-,19+,20-/m1/s1. The van der Waals surface area contributed by atoms with Gasteiger partial charge in [-0.25, -0.2) is 4.39 Å². The van der Waals surface area contributed by atoms with Crippen molar-refractivity contribution in [2.24, 2.45) is 11.8 Å². The van der Waals surface area contributed by atoms with E-state index in [0.717, 1.165) is 18.4 Å². The molecular formula is C21H28FNO2. The molecule has 0 bridgehead atoms. The molecule has 136 valence electrons. The summed E-state index contributed by atoms with van der Waals surface area (Å²) in [5.74, 6) is 0.00686. The molecule has 1 heterocycles. The maximum Gasteiger partial charge on any atom is 0.233 e. The van der Waals surface area contributed by atoms with E-state index in [9.17, 15) is 14.3 Å². The summed E-state index contributed by atoms with van der Waals surface area (Å²) in [4.78, 5) is 14.4. The molecule has 1 saturated carbocycles. The van der Waals surface area contributed by atoms with Crippen molar-refractivity contribution in [3.63, 3.8) is 0 Å². The lowest BCUT2D eigenvalue weighted by Gasteiger charge is -2.48. The molecule has 4 heteroatoms. The molecule has 1 amide bonds. The van der Waals surface area contributed by atoms with E-state index in [0.29, 0.717) is 24.4 Å². The molecule has 1 aromatic carbocycles. The minimum absolute atomic E-state index is 0.0513. The number of halogens is 1. The second-order valence-electron chi connectivity index (χ2n) is 7.63. The van der Waals surface area contributed by atoms with Gasteiger partial charge >= 0.3 is 0 Å². The van der Waals surface area contributed by atoms with Crippen molar-refractivity contribution in [1.29, 1.82) is 0 Å². The number of aliphatic hydroxyl groups excluding tert-OH is 1. The highest BCUT2D eigenvalue weighted by Crippen LogP contribution is 2.39. The van der Waals surface area contributed by atoms with Crippen LogP contribution >= 0.6 is 0 Å². The van der Waals surface area contributed by atoms with Gasteiger partial charge in [0, 0.05) is 5.69 Å². The molecular weight excluding hydrogens is 317 g/mol. The first-order chi connectivity index (χ1) is 12.0. The molecule has 0 aromatic heterocycles. The lowest BCUT2D eigenvalue weighted by atomic mass is 9.77. The van der Waals surface area contributed by atoms with Crippen LogP contribution in [-0.4, -0.2) is 23.2 Å². The zero-order valence-electron chi connectivity index (χ0n) is 15.0. The Morgan fingerprint density at radius 3 is 2.52 bits per heavy atom. The summed E-state index contributed by atoms with van der Waals surface area (Å²) < 4.78 is 13.1. The van der Waals surface area contributed by atoms with Gasteiger partial charge in [0.15, 0.2) is 0 Å². The van der Waals surface area contributed by atoms with Gasteiger partial charge in [-0.1, -0.05) is 31.4 Å². The largest absolute Gasteiger partial charge is 0.393 e. The normalized spacial score (nSPS) is 25.6. The van der Waals surface area contributed by atoms with Crippen molar-refractivity contribution in [2.45, 2.75) is 64.0 Å². The summed E-state index contributed by atoms with van der Waals surface area (Å²) in [6, 6.07) is 5.96. The van der Waals surface area contributed by atoms with Crippen LogP contribution in [0.25, 0.3) is 0 Å². The maximum absolute atomic E-state index is 13.1. The highest BCUT2D eigenvalue weighted by Gasteiger charge is 2.48. The molecule has 3 atom stereocenters. The predicted octanol–water partition coefficient (Wildman–Crippen LogP) is 4.45. The van der Waals surface area contributed by atoms with E-state index in [1.807, 2.05) is 6.92 Å². The summed E-state index contributed by atoms with van der Waals surface area (Å²) in [6.45, 7) is 5.97. The van der Waals surface area contributed by atoms with Gasteiger partial charge in [0.05, 0.1) is 18.1 Å². The number of hydrogen-bond acceptors (Lipinski definition) is 2. The van der Waals surface area contributed by atoms with E-state index in [1.165, 1.54) is 31.4 Å². The SMILES string of the molecule is C=C(C)[C@@H]1[C@@H](CC[C@H](O)C2CCCCC2)C(=O)N1c1ccc(F)cc1. The first-order valence-electron chi connectivity index (χ1n) is 9.41. The second kappa shape index (κ2) is 7.69. The zero-order chi connectivity index (χ0) is 18.0. The van der Waals surface area contributed by atoms with Gasteiger partial charge < -0.3 is 10.0 Å². The van der Waals surface area contributed by atoms with Crippen LogP contribution in [-0.2, 0) is 4.79 Å². The quantitative estimate of drug-likeness (QED) is 0.611. The Labute approximate surface area is 149 Å². The van der Waals surface area contributed by atoms with Crippen LogP contribution in [0.5, 0.6) is 0 Å². The van der Waals surface area contributed by atoms with Crippen LogP contribution in [0.3, 0.4) is 0 Å². The molecule has 3 nitrogen and oxygen atoms in total. The number of nitrogens with zero attached hydrogens (tertiary/aromatic N) is 1. The lowest BCUT2D eigenvalue weighted by Crippen LogP contribution is -2.61. The topological polar surface area (TPSA) is 40.5 Å². The van der Waals surface area contributed by atoms with Gasteiger partial charge in [-0.3, -0.25) is 4.79 Å². The fourth-order valence-electron chi connectivity index (χ4n) is 4.39. The van der Waals surface area contributed by atoms with E-state index >= 15 is 0 Å². The number of hydrogen-bond donors (Lipinski definition) is 1. The van der Waals surface area contributed by atoms with Crippen molar-refractivity contribution in [3.05, 3.63) is 42.2 Å². The van der Waals surface area contributed by atoms with Gasteiger partial charge in [0.2, 0.25) is 5.91 Å². The van der Waals surface area contributed by atoms with Crippen molar-refractivity contribution in [3.8, 4) is 0 Å². The molecule has 1 saturated heterocycles. The number of β-lactam (4-membered cyclic amide) rings is 1. The van der Waals surface area contributed by atoms with Crippen LogP contribution in [0.1, 0.15) is 51.9 Å². The van der Waals surface area contributed by atoms with Crippen molar-refractivity contribution < 1.29 is 14.3 Å². The predicted molar refractivity (Wildman–Crippen MR) is 97.8 cm³/mol. The fourth-order valence-corrected chi connectivity index (χ4v) is 4.39. The molecule has 1 N–H and O–H groups in total. The molecule has 0 spiro atoms. The summed E-state index contributed by atoms with van der Waals surface area (Å²) in [6.07, 6.45) is 6.94. The molecule has 2 aliphatic rings. The smallest absolute Gasteiger partial charge is 0.233 e. The monoisotopic (exact) mass is 345 g/mol. The number of rotatable bonds is 6. The number of benzene rings is 1. The molecule has 0 radical (unpaired) electrons. The van der Waals surface area contributed by atoms with Gasteiger partial charge in [-0.15, -0.1) is 0 Å². The van der Waals surface area contributed by atoms with Crippen LogP contribution in [0.2, 0.25) is 0 Å². The van der Waals surface area contributed by atoms with E-state index in [2.05, 4.69) is 6.58 Å². The Morgan fingerprint density at radius 1 is 1.28 bits per heavy atom. The van der Waals surface area contributed by atoms with Crippen LogP contribution in [0, 0.1) is 17.7 Å². The number of carbonyl (C=O) groups excluding carboxylic acids is 1. The first-order valence-corrected chi connectivity index (χ1v) is 9.41. The van der Waals surface area contributed by atoms with Crippen LogP contribution in [0.4, 0.5) is 10.1 Å². The highest BCUT2D eigenvalue weighted by molar-refractivity contribution is 6.03. The van der Waals surface area contributed by atoms with Crippen LogP contribution in [0.15, 0.2) is 36.4 Å². The van der Waals surface area contributed by atoms with Gasteiger partial charge in [-0.2, -0.15) is 0 Å².